The smallest absolute Gasteiger partial charge is 0.326 e. The normalized spacial score (nSPS) is 11.5. The molecule has 0 heterocycles. The lowest BCUT2D eigenvalue weighted by atomic mass is 10.0. The zero-order chi connectivity index (χ0) is 24.7. The molecule has 176 valence electrons. The number of aryl methyl sites for hydroxylation is 1. The summed E-state index contributed by atoms with van der Waals surface area (Å²) in [7, 11) is 0. The average molecular weight is 460 g/mol. The Hall–Kier alpha value is -4.13. The molecular weight excluding hydrogens is 430 g/mol. The quantitative estimate of drug-likeness (QED) is 0.362. The highest BCUT2D eigenvalue weighted by molar-refractivity contribution is 6.00. The molecule has 0 aliphatic heterocycles. The Morgan fingerprint density at radius 3 is 1.68 bits per heavy atom. The van der Waals surface area contributed by atoms with Crippen LogP contribution < -0.4 is 16.0 Å². The molecule has 0 aromatic heterocycles. The lowest BCUT2D eigenvalue weighted by Crippen LogP contribution is -2.44. The third kappa shape index (κ3) is 6.45. The van der Waals surface area contributed by atoms with E-state index in [0.29, 0.717) is 11.3 Å². The molecule has 0 bridgehead atoms. The maximum absolute atomic E-state index is 12.4. The maximum Gasteiger partial charge on any atom is 0.326 e. The molecule has 7 nitrogen and oxygen atoms in total. The van der Waals surface area contributed by atoms with Crippen molar-refractivity contribution in [2.75, 3.05) is 10.6 Å². The minimum absolute atomic E-state index is 0.225. The molecule has 0 saturated heterocycles. The monoisotopic (exact) mass is 459 g/mol. The Morgan fingerprint density at radius 2 is 1.24 bits per heavy atom. The zero-order valence-electron chi connectivity index (χ0n) is 19.5. The van der Waals surface area contributed by atoms with Gasteiger partial charge in [-0.15, -0.1) is 0 Å². The van der Waals surface area contributed by atoms with Crippen molar-refractivity contribution < 1.29 is 19.5 Å². The molecule has 0 radical (unpaired) electrons. The predicted molar refractivity (Wildman–Crippen MR) is 134 cm³/mol. The van der Waals surface area contributed by atoms with Gasteiger partial charge in [0.25, 0.3) is 5.91 Å². The number of anilines is 2. The lowest BCUT2D eigenvalue weighted by molar-refractivity contribution is -0.140. The van der Waals surface area contributed by atoms with Gasteiger partial charge < -0.3 is 21.1 Å². The van der Waals surface area contributed by atoms with Crippen LogP contribution in [0.2, 0.25) is 0 Å². The van der Waals surface area contributed by atoms with Crippen molar-refractivity contribution in [3.05, 3.63) is 83.9 Å². The van der Waals surface area contributed by atoms with Gasteiger partial charge in [-0.3, -0.25) is 4.79 Å². The summed E-state index contributed by atoms with van der Waals surface area (Å²) in [6, 6.07) is 20.7. The fourth-order valence-electron chi connectivity index (χ4n) is 3.42. The van der Waals surface area contributed by atoms with Crippen molar-refractivity contribution in [1.82, 2.24) is 5.32 Å². The minimum Gasteiger partial charge on any atom is -0.480 e. The van der Waals surface area contributed by atoms with E-state index in [4.69, 9.17) is 0 Å². The number of carbonyl (C=O) groups is 3. The topological polar surface area (TPSA) is 108 Å². The van der Waals surface area contributed by atoms with E-state index in [2.05, 4.69) is 22.9 Å². The second-order valence-electron chi connectivity index (χ2n) is 8.32. The van der Waals surface area contributed by atoms with Crippen molar-refractivity contribution in [1.29, 1.82) is 0 Å². The van der Waals surface area contributed by atoms with E-state index in [1.807, 2.05) is 36.4 Å². The number of amides is 3. The number of hydrogen-bond donors (Lipinski definition) is 4. The van der Waals surface area contributed by atoms with Crippen molar-refractivity contribution in [2.45, 2.75) is 33.2 Å². The van der Waals surface area contributed by atoms with Crippen molar-refractivity contribution in [3.63, 3.8) is 0 Å². The molecule has 0 aliphatic carbocycles. The summed E-state index contributed by atoms with van der Waals surface area (Å²) in [5.41, 5.74) is 4.77. The molecule has 3 rings (SSSR count). The molecule has 34 heavy (non-hydrogen) atoms. The maximum atomic E-state index is 12.4. The number of rotatable bonds is 8. The second kappa shape index (κ2) is 11.1. The Morgan fingerprint density at radius 1 is 0.765 bits per heavy atom. The van der Waals surface area contributed by atoms with Crippen LogP contribution in [0.3, 0.4) is 0 Å². The first-order valence-corrected chi connectivity index (χ1v) is 11.2. The van der Waals surface area contributed by atoms with Gasteiger partial charge >= 0.3 is 12.0 Å². The van der Waals surface area contributed by atoms with Gasteiger partial charge in [0.1, 0.15) is 6.04 Å². The fourth-order valence-corrected chi connectivity index (χ4v) is 3.42. The van der Waals surface area contributed by atoms with E-state index in [9.17, 15) is 19.5 Å². The minimum atomic E-state index is -1.06. The van der Waals surface area contributed by atoms with Crippen LogP contribution in [0.5, 0.6) is 0 Å². The summed E-state index contributed by atoms with van der Waals surface area (Å²) in [6.45, 7) is 5.57. The number of nitrogens with one attached hydrogen (secondary N) is 3. The molecule has 0 spiro atoms. The number of aliphatic carboxylic acids is 1. The molecule has 3 aromatic carbocycles. The zero-order valence-corrected chi connectivity index (χ0v) is 19.5. The first-order valence-electron chi connectivity index (χ1n) is 11.2. The van der Waals surface area contributed by atoms with Gasteiger partial charge in [-0.05, 0) is 65.4 Å². The van der Waals surface area contributed by atoms with Gasteiger partial charge in [0.05, 0.1) is 0 Å². The van der Waals surface area contributed by atoms with Crippen LogP contribution in [-0.2, 0) is 11.2 Å². The van der Waals surface area contributed by atoms with Crippen LogP contribution in [0.15, 0.2) is 72.8 Å². The highest BCUT2D eigenvalue weighted by Gasteiger charge is 2.23. The van der Waals surface area contributed by atoms with Gasteiger partial charge in [-0.25, -0.2) is 9.59 Å². The molecule has 0 aliphatic rings. The summed E-state index contributed by atoms with van der Waals surface area (Å²) in [5, 5.41) is 17.4. The fraction of sp³-hybridized carbons (Fsp3) is 0.222. The molecular formula is C27H29N3O4. The number of urea groups is 1. The van der Waals surface area contributed by atoms with Crippen LogP contribution in [0.4, 0.5) is 16.2 Å². The number of carboxylic acids is 1. The second-order valence-corrected chi connectivity index (χ2v) is 8.32. The van der Waals surface area contributed by atoms with E-state index in [1.54, 1.807) is 50.2 Å². The van der Waals surface area contributed by atoms with Crippen molar-refractivity contribution in [2.24, 2.45) is 5.92 Å². The largest absolute Gasteiger partial charge is 0.480 e. The van der Waals surface area contributed by atoms with E-state index in [-0.39, 0.29) is 11.9 Å². The Balaban J connectivity index is 1.60. The molecule has 0 fully saturated rings. The molecule has 3 aromatic rings. The van der Waals surface area contributed by atoms with Gasteiger partial charge in [0.15, 0.2) is 0 Å². The molecule has 1 atom stereocenters. The van der Waals surface area contributed by atoms with E-state index in [1.165, 1.54) is 5.56 Å². The van der Waals surface area contributed by atoms with E-state index >= 15 is 0 Å². The molecule has 0 saturated carbocycles. The highest BCUT2D eigenvalue weighted by atomic mass is 16.4. The lowest BCUT2D eigenvalue weighted by Gasteiger charge is -2.18. The third-order valence-electron chi connectivity index (χ3n) is 5.46. The van der Waals surface area contributed by atoms with Gasteiger partial charge in [0, 0.05) is 16.9 Å². The summed E-state index contributed by atoms with van der Waals surface area (Å²) in [4.78, 5) is 36.0. The Kier molecular flexibility index (Phi) is 8.03. The predicted octanol–water partition coefficient (Wildman–Crippen LogP) is 5.40. The first-order chi connectivity index (χ1) is 16.3. The standard InChI is InChI=1S/C27H29N3O4/c1-4-18-5-13-22(14-6-18)28-27(34)29-23-15-11-20(12-16-23)19-7-9-21(10-8-19)25(31)30-24(17(2)3)26(32)33/h5-17,24H,4H2,1-3H3,(H,30,31)(H,32,33)(H2,28,29,34)/t24-/m1/s1. The van der Waals surface area contributed by atoms with Crippen molar-refractivity contribution >= 4 is 29.3 Å². The van der Waals surface area contributed by atoms with Crippen LogP contribution in [0.25, 0.3) is 11.1 Å². The highest BCUT2D eigenvalue weighted by Crippen LogP contribution is 2.22. The Labute approximate surface area is 199 Å². The summed E-state index contributed by atoms with van der Waals surface area (Å²) in [6.07, 6.45) is 0.943. The molecule has 4 N–H and O–H groups in total. The Bertz CT molecular complexity index is 1140. The molecule has 7 heteroatoms. The van der Waals surface area contributed by atoms with Crippen LogP contribution in [0.1, 0.15) is 36.7 Å². The summed E-state index contributed by atoms with van der Waals surface area (Å²) >= 11 is 0. The molecule has 3 amide bonds. The SMILES string of the molecule is CCc1ccc(NC(=O)Nc2ccc(-c3ccc(C(=O)N[C@@H](C(=O)O)C(C)C)cc3)cc2)cc1. The van der Waals surface area contributed by atoms with Crippen LogP contribution in [0, 0.1) is 5.92 Å². The van der Waals surface area contributed by atoms with Gasteiger partial charge in [-0.2, -0.15) is 0 Å². The first kappa shape index (κ1) is 24.5. The number of benzene rings is 3. The van der Waals surface area contributed by atoms with Gasteiger partial charge in [-0.1, -0.05) is 57.2 Å². The third-order valence-corrected chi connectivity index (χ3v) is 5.46. The van der Waals surface area contributed by atoms with Gasteiger partial charge in [0.2, 0.25) is 0 Å². The van der Waals surface area contributed by atoms with E-state index in [0.717, 1.165) is 23.2 Å². The van der Waals surface area contributed by atoms with E-state index < -0.39 is 17.9 Å². The average Bonchev–Trinajstić information content (AvgIpc) is 2.83. The summed E-state index contributed by atoms with van der Waals surface area (Å²) < 4.78 is 0. The number of hydrogen-bond acceptors (Lipinski definition) is 3. The van der Waals surface area contributed by atoms with Crippen LogP contribution in [-0.4, -0.2) is 29.1 Å². The van der Waals surface area contributed by atoms with Crippen molar-refractivity contribution in [3.8, 4) is 11.1 Å². The molecule has 0 unspecified atom stereocenters. The van der Waals surface area contributed by atoms with Crippen LogP contribution >= 0.6 is 0 Å². The number of carboxylic acid groups (broad SMARTS) is 1. The summed E-state index contributed by atoms with van der Waals surface area (Å²) in [5.74, 6) is -1.71. The number of carbonyl (C=O) groups excluding carboxylic acids is 2.